The summed E-state index contributed by atoms with van der Waals surface area (Å²) in [6, 6.07) is 0. The molecule has 1 heterocycles. The summed E-state index contributed by atoms with van der Waals surface area (Å²) in [5.74, 6) is -1.08. The van der Waals surface area contributed by atoms with Crippen molar-refractivity contribution in [3.63, 3.8) is 0 Å². The van der Waals surface area contributed by atoms with Gasteiger partial charge in [-0.2, -0.15) is 9.19 Å². The minimum atomic E-state index is -1.08. The predicted molar refractivity (Wildman–Crippen MR) is 70.4 cm³/mol. The van der Waals surface area contributed by atoms with Gasteiger partial charge in [-0.05, 0) is 24.7 Å². The number of carboxylic acid groups (broad SMARTS) is 1. The highest BCUT2D eigenvalue weighted by molar-refractivity contribution is 7.92. The Morgan fingerprint density at radius 2 is 2.11 bits per heavy atom. The Hall–Kier alpha value is -1.04. The number of carbonyl (C=O) groups is 1. The number of carboxylic acids is 1. The van der Waals surface area contributed by atoms with Gasteiger partial charge in [0.25, 0.3) is 0 Å². The van der Waals surface area contributed by atoms with Crippen molar-refractivity contribution in [1.29, 1.82) is 0 Å². The van der Waals surface area contributed by atoms with E-state index >= 15 is 0 Å². The number of aromatic nitrogens is 2. The van der Waals surface area contributed by atoms with Gasteiger partial charge in [0.15, 0.2) is 18.0 Å². The molecule has 0 spiro atoms. The number of nitrogens with zero attached hydrogens (tertiary/aromatic N) is 2. The minimum absolute atomic E-state index is 0.00403. The average molecular weight is 274 g/mol. The molecule has 0 amide bonds. The van der Waals surface area contributed by atoms with Crippen molar-refractivity contribution in [3.05, 3.63) is 17.0 Å². The van der Waals surface area contributed by atoms with Crippen LogP contribution in [0, 0.1) is 5.41 Å². The second kappa shape index (κ2) is 5.73. The Morgan fingerprint density at radius 1 is 1.50 bits per heavy atom. The first-order valence-corrected chi connectivity index (χ1v) is 6.75. The first kappa shape index (κ1) is 15.0. The molecule has 1 aliphatic rings. The predicted octanol–water partition coefficient (Wildman–Crippen LogP) is 3.50. The summed E-state index contributed by atoms with van der Waals surface area (Å²) >= 11 is -0.0354. The summed E-state index contributed by atoms with van der Waals surface area (Å²) < 4.78 is 13.8. The van der Waals surface area contributed by atoms with Crippen molar-refractivity contribution in [2.45, 2.75) is 47.0 Å². The quantitative estimate of drug-likeness (QED) is 0.896. The third kappa shape index (κ3) is 2.85. The first-order chi connectivity index (χ1) is 8.44. The summed E-state index contributed by atoms with van der Waals surface area (Å²) in [5, 5.41) is 12.8. The molecule has 1 aromatic heterocycles. The smallest absolute Gasteiger partial charge is 0.356 e. The normalized spacial score (nSPS) is 16.5. The molecule has 1 N–H and O–H groups in total. The molecule has 18 heavy (non-hydrogen) atoms. The van der Waals surface area contributed by atoms with Crippen molar-refractivity contribution >= 4 is 18.3 Å². The van der Waals surface area contributed by atoms with E-state index in [1.165, 1.54) is 0 Å². The molecule has 4 nitrogen and oxygen atoms in total. The van der Waals surface area contributed by atoms with Crippen LogP contribution in [-0.4, -0.2) is 20.3 Å². The minimum Gasteiger partial charge on any atom is -0.476 e. The Labute approximate surface area is 111 Å². The molecule has 0 bridgehead atoms. The van der Waals surface area contributed by atoms with Gasteiger partial charge in [-0.15, -0.1) is 3.89 Å². The molecule has 0 radical (unpaired) electrons. The molecular weight excluding hydrogens is 255 g/mol. The molecule has 1 aliphatic carbocycles. The van der Waals surface area contributed by atoms with E-state index in [0.29, 0.717) is 24.1 Å². The third-order valence-corrected chi connectivity index (χ3v) is 3.45. The number of hydrogen-bond donors (Lipinski definition) is 1. The van der Waals surface area contributed by atoms with E-state index in [0.717, 1.165) is 10.5 Å². The Balaban J connectivity index is 0.000000771. The van der Waals surface area contributed by atoms with Crippen LogP contribution in [0.5, 0.6) is 0 Å². The van der Waals surface area contributed by atoms with Crippen LogP contribution in [-0.2, 0) is 12.8 Å². The molecule has 0 saturated heterocycles. The second-order valence-corrected chi connectivity index (χ2v) is 5.35. The fraction of sp³-hybridized carbons (Fsp3) is 0.667. The van der Waals surface area contributed by atoms with E-state index in [9.17, 15) is 8.68 Å². The van der Waals surface area contributed by atoms with E-state index in [1.54, 1.807) is 0 Å². The van der Waals surface area contributed by atoms with E-state index < -0.39 is 5.97 Å². The van der Waals surface area contributed by atoms with E-state index in [1.807, 2.05) is 13.8 Å². The largest absolute Gasteiger partial charge is 0.476 e. The van der Waals surface area contributed by atoms with E-state index in [-0.39, 0.29) is 23.4 Å². The summed E-state index contributed by atoms with van der Waals surface area (Å²) in [5.41, 5.74) is 1.48. The van der Waals surface area contributed by atoms with Crippen molar-refractivity contribution < 1.29 is 13.8 Å². The second-order valence-electron chi connectivity index (χ2n) is 4.86. The lowest BCUT2D eigenvalue weighted by Crippen LogP contribution is -2.23. The number of halogens is 1. The van der Waals surface area contributed by atoms with Gasteiger partial charge in [0.2, 0.25) is 0 Å². The van der Waals surface area contributed by atoms with Crippen LogP contribution in [0.1, 0.15) is 55.9 Å². The molecule has 0 aromatic carbocycles. The molecule has 2 rings (SSSR count). The molecule has 6 heteroatoms. The van der Waals surface area contributed by atoms with E-state index in [2.05, 4.69) is 18.9 Å². The maximum absolute atomic E-state index is 12.7. The first-order valence-electron chi connectivity index (χ1n) is 6.08. The van der Waals surface area contributed by atoms with Crippen molar-refractivity contribution in [2.24, 2.45) is 5.41 Å². The molecule has 0 atom stereocenters. The molecule has 1 aromatic rings. The number of hydrogen-bond acceptors (Lipinski definition) is 3. The van der Waals surface area contributed by atoms with Gasteiger partial charge in [-0.1, -0.05) is 27.7 Å². The van der Waals surface area contributed by atoms with Gasteiger partial charge in [0.05, 0.1) is 5.69 Å². The van der Waals surface area contributed by atoms with Crippen molar-refractivity contribution in [1.82, 2.24) is 9.19 Å². The monoisotopic (exact) mass is 274 g/mol. The molecule has 0 unspecified atom stereocenters. The van der Waals surface area contributed by atoms with Crippen LogP contribution in [0.15, 0.2) is 0 Å². The third-order valence-electron chi connectivity index (χ3n) is 3.02. The maximum Gasteiger partial charge on any atom is 0.356 e. The van der Waals surface area contributed by atoms with Gasteiger partial charge >= 0.3 is 5.97 Å². The van der Waals surface area contributed by atoms with Gasteiger partial charge in [-0.3, -0.25) is 0 Å². The SMILES string of the molecule is CC.CC1(C)CCc2c(C(=O)O)nn(SF)c2C1. The zero-order valence-electron chi connectivity index (χ0n) is 11.2. The highest BCUT2D eigenvalue weighted by atomic mass is 32.2. The lowest BCUT2D eigenvalue weighted by Gasteiger charge is -2.29. The van der Waals surface area contributed by atoms with Crippen LogP contribution in [0.4, 0.5) is 3.89 Å². The van der Waals surface area contributed by atoms with Crippen LogP contribution >= 0.6 is 12.3 Å². The van der Waals surface area contributed by atoms with Gasteiger partial charge in [0.1, 0.15) is 0 Å². The van der Waals surface area contributed by atoms with Gasteiger partial charge < -0.3 is 5.11 Å². The summed E-state index contributed by atoms with van der Waals surface area (Å²) in [4.78, 5) is 11.0. The Bertz CT molecular complexity index is 444. The van der Waals surface area contributed by atoms with Crippen LogP contribution in [0.3, 0.4) is 0 Å². The van der Waals surface area contributed by atoms with Crippen LogP contribution in [0.25, 0.3) is 0 Å². The van der Waals surface area contributed by atoms with Gasteiger partial charge in [-0.25, -0.2) is 4.79 Å². The van der Waals surface area contributed by atoms with E-state index in [4.69, 9.17) is 5.11 Å². The zero-order valence-corrected chi connectivity index (χ0v) is 12.0. The van der Waals surface area contributed by atoms with Crippen LogP contribution in [0.2, 0.25) is 0 Å². The number of aromatic carboxylic acids is 1. The Morgan fingerprint density at radius 3 is 2.61 bits per heavy atom. The number of rotatable bonds is 2. The highest BCUT2D eigenvalue weighted by Crippen LogP contribution is 2.37. The lowest BCUT2D eigenvalue weighted by atomic mass is 9.76. The zero-order chi connectivity index (χ0) is 13.9. The molecule has 0 fully saturated rings. The van der Waals surface area contributed by atoms with Crippen LogP contribution < -0.4 is 0 Å². The molecule has 0 saturated carbocycles. The molecule has 0 aliphatic heterocycles. The Kier molecular flexibility index (Phi) is 4.78. The summed E-state index contributed by atoms with van der Waals surface area (Å²) in [6.45, 7) is 8.19. The standard InChI is InChI=1S/C10H13FN2O2S.C2H6/c1-10(2)4-3-6-7(5-10)13(16-11)12-8(6)9(14)15;1-2/h3-5H2,1-2H3,(H,14,15);1-2H3. The number of fused-ring (bicyclic) bond motifs is 1. The molecule has 102 valence electrons. The lowest BCUT2D eigenvalue weighted by molar-refractivity contribution is 0.0688. The topological polar surface area (TPSA) is 55.1 Å². The summed E-state index contributed by atoms with van der Waals surface area (Å²) in [7, 11) is 0. The van der Waals surface area contributed by atoms with Crippen molar-refractivity contribution in [3.8, 4) is 0 Å². The maximum atomic E-state index is 12.7. The fourth-order valence-electron chi connectivity index (χ4n) is 2.13. The summed E-state index contributed by atoms with van der Waals surface area (Å²) in [6.07, 6.45) is 2.23. The molecular formula is C12H19FN2O2S. The highest BCUT2D eigenvalue weighted by Gasteiger charge is 2.33. The van der Waals surface area contributed by atoms with Crippen molar-refractivity contribution in [2.75, 3.05) is 0 Å². The fourth-order valence-corrected chi connectivity index (χ4v) is 2.51. The average Bonchev–Trinajstić information content (AvgIpc) is 2.68. The van der Waals surface area contributed by atoms with Gasteiger partial charge in [0, 0.05) is 5.56 Å².